The molecule has 0 aliphatic carbocycles. The molecule has 0 aliphatic rings. The number of aromatic hydroxyl groups is 1. The third kappa shape index (κ3) is 4.08. The minimum Gasteiger partial charge on any atom is -0.505 e. The summed E-state index contributed by atoms with van der Waals surface area (Å²) in [4.78, 5) is 21.1. The number of rotatable bonds is 5. The van der Waals surface area contributed by atoms with Crippen molar-refractivity contribution in [1.29, 1.82) is 0 Å². The second kappa shape index (κ2) is 5.92. The van der Waals surface area contributed by atoms with Crippen molar-refractivity contribution >= 4 is 14.0 Å². The number of nitrogens with one attached hydrogen (secondary N) is 1. The van der Waals surface area contributed by atoms with Gasteiger partial charge >= 0.3 is 7.82 Å². The van der Waals surface area contributed by atoms with E-state index >= 15 is 0 Å². The molecule has 9 heteroatoms. The molecule has 0 unspecified atom stereocenters. The standard InChI is InChI=1S/C9H14N3O5P/c1-6-9(13)8(4-12-10-2)7(3-11-6)5-17-18(14,15)16/h3-4,10,13H,5H2,1-2H3,(H2,14,15,16)/b12-4+. The van der Waals surface area contributed by atoms with Crippen molar-refractivity contribution in [2.24, 2.45) is 5.10 Å². The van der Waals surface area contributed by atoms with Crippen molar-refractivity contribution in [3.8, 4) is 5.75 Å². The zero-order valence-electron chi connectivity index (χ0n) is 9.86. The molecule has 8 nitrogen and oxygen atoms in total. The monoisotopic (exact) mass is 275 g/mol. The summed E-state index contributed by atoms with van der Waals surface area (Å²) in [6.45, 7) is 1.22. The van der Waals surface area contributed by atoms with Crippen LogP contribution in [0.2, 0.25) is 0 Å². The van der Waals surface area contributed by atoms with Crippen LogP contribution < -0.4 is 5.43 Å². The van der Waals surface area contributed by atoms with Crippen molar-refractivity contribution in [1.82, 2.24) is 10.4 Å². The molecule has 0 bridgehead atoms. The van der Waals surface area contributed by atoms with E-state index in [-0.39, 0.29) is 12.4 Å². The first kappa shape index (κ1) is 14.6. The maximum absolute atomic E-state index is 10.6. The van der Waals surface area contributed by atoms with Crippen LogP contribution in [-0.2, 0) is 15.7 Å². The molecular formula is C9H14N3O5P. The number of hydrazone groups is 1. The third-order valence-electron chi connectivity index (χ3n) is 2.07. The molecular weight excluding hydrogens is 261 g/mol. The van der Waals surface area contributed by atoms with Gasteiger partial charge in [-0.05, 0) is 6.92 Å². The number of phosphoric acid groups is 1. The lowest BCUT2D eigenvalue weighted by Gasteiger charge is -2.10. The molecule has 1 rings (SSSR count). The van der Waals surface area contributed by atoms with Gasteiger partial charge in [0, 0.05) is 24.4 Å². The van der Waals surface area contributed by atoms with Gasteiger partial charge in [-0.2, -0.15) is 5.10 Å². The quantitative estimate of drug-likeness (QED) is 0.345. The number of hydrogen-bond donors (Lipinski definition) is 4. The van der Waals surface area contributed by atoms with Gasteiger partial charge in [0.2, 0.25) is 0 Å². The van der Waals surface area contributed by atoms with Crippen LogP contribution in [0.25, 0.3) is 0 Å². The van der Waals surface area contributed by atoms with Gasteiger partial charge in [-0.3, -0.25) is 9.51 Å². The Kier molecular flexibility index (Phi) is 4.80. The topological polar surface area (TPSA) is 124 Å². The van der Waals surface area contributed by atoms with E-state index < -0.39 is 7.82 Å². The minimum absolute atomic E-state index is 0.110. The van der Waals surface area contributed by atoms with Gasteiger partial charge in [0.25, 0.3) is 0 Å². The van der Waals surface area contributed by atoms with Crippen LogP contribution in [0.15, 0.2) is 11.3 Å². The van der Waals surface area contributed by atoms with Crippen LogP contribution in [0.3, 0.4) is 0 Å². The molecule has 1 heterocycles. The Labute approximate surface area is 104 Å². The highest BCUT2D eigenvalue weighted by atomic mass is 31.2. The van der Waals surface area contributed by atoms with Crippen LogP contribution in [0, 0.1) is 6.92 Å². The second-order valence-electron chi connectivity index (χ2n) is 3.38. The lowest BCUT2D eigenvalue weighted by molar-refractivity contribution is 0.188. The van der Waals surface area contributed by atoms with Gasteiger partial charge in [0.05, 0.1) is 18.5 Å². The zero-order valence-corrected chi connectivity index (χ0v) is 10.8. The van der Waals surface area contributed by atoms with Gasteiger partial charge in [-0.1, -0.05) is 0 Å². The number of pyridine rings is 1. The average molecular weight is 275 g/mol. The minimum atomic E-state index is -4.57. The summed E-state index contributed by atoms with van der Waals surface area (Å²) in [6.07, 6.45) is 2.68. The van der Waals surface area contributed by atoms with Gasteiger partial charge in [0.1, 0.15) is 5.75 Å². The van der Waals surface area contributed by atoms with Crippen molar-refractivity contribution in [3.05, 3.63) is 23.0 Å². The van der Waals surface area contributed by atoms with E-state index in [9.17, 15) is 9.67 Å². The molecule has 4 N–H and O–H groups in total. The number of hydrogen-bond acceptors (Lipinski definition) is 6. The molecule has 0 amide bonds. The Hall–Kier alpha value is -1.47. The fourth-order valence-electron chi connectivity index (χ4n) is 1.19. The number of nitrogens with zero attached hydrogens (tertiary/aromatic N) is 2. The van der Waals surface area contributed by atoms with Crippen molar-refractivity contribution in [2.75, 3.05) is 7.05 Å². The first-order valence-corrected chi connectivity index (χ1v) is 6.45. The molecule has 0 saturated carbocycles. The summed E-state index contributed by atoms with van der Waals surface area (Å²) < 4.78 is 15.0. The van der Waals surface area contributed by atoms with Crippen LogP contribution in [0.5, 0.6) is 5.75 Å². The first-order valence-electron chi connectivity index (χ1n) is 4.92. The highest BCUT2D eigenvalue weighted by Crippen LogP contribution is 2.37. The molecule has 0 fully saturated rings. The van der Waals surface area contributed by atoms with Crippen molar-refractivity contribution in [2.45, 2.75) is 13.5 Å². The van der Waals surface area contributed by atoms with E-state index in [0.29, 0.717) is 16.8 Å². The van der Waals surface area contributed by atoms with E-state index in [2.05, 4.69) is 20.0 Å². The Morgan fingerprint density at radius 1 is 1.61 bits per heavy atom. The van der Waals surface area contributed by atoms with Crippen molar-refractivity contribution < 1.29 is 24.0 Å². The summed E-state index contributed by atoms with van der Waals surface area (Å²) >= 11 is 0. The molecule has 1 aromatic heterocycles. The molecule has 0 radical (unpaired) electrons. The second-order valence-corrected chi connectivity index (χ2v) is 4.62. The van der Waals surface area contributed by atoms with Gasteiger partial charge < -0.3 is 20.3 Å². The van der Waals surface area contributed by atoms with E-state index in [4.69, 9.17) is 9.79 Å². The van der Waals surface area contributed by atoms with Gasteiger partial charge in [-0.25, -0.2) is 4.57 Å². The summed E-state index contributed by atoms with van der Waals surface area (Å²) in [5.41, 5.74) is 3.50. The highest BCUT2D eigenvalue weighted by Gasteiger charge is 2.17. The zero-order chi connectivity index (χ0) is 13.8. The molecule has 0 aromatic carbocycles. The van der Waals surface area contributed by atoms with Crippen LogP contribution in [-0.4, -0.2) is 33.1 Å². The Morgan fingerprint density at radius 3 is 2.83 bits per heavy atom. The molecule has 0 aliphatic heterocycles. The Bertz CT molecular complexity index is 499. The Balaban J connectivity index is 3.07. The van der Waals surface area contributed by atoms with Crippen molar-refractivity contribution in [3.63, 3.8) is 0 Å². The molecule has 18 heavy (non-hydrogen) atoms. The molecule has 0 spiro atoms. The van der Waals surface area contributed by atoms with Crippen LogP contribution in [0.1, 0.15) is 16.8 Å². The van der Waals surface area contributed by atoms with E-state index in [1.54, 1.807) is 14.0 Å². The van der Waals surface area contributed by atoms with E-state index in [1.165, 1.54) is 12.4 Å². The fraction of sp³-hybridized carbons (Fsp3) is 0.333. The van der Waals surface area contributed by atoms with Crippen LogP contribution in [0.4, 0.5) is 0 Å². The first-order chi connectivity index (χ1) is 8.35. The third-order valence-corrected chi connectivity index (χ3v) is 2.53. The molecule has 0 saturated heterocycles. The van der Waals surface area contributed by atoms with Gasteiger partial charge in [0.15, 0.2) is 0 Å². The summed E-state index contributed by atoms with van der Waals surface area (Å²) in [7, 11) is -3.00. The SMILES string of the molecule is CN/N=C/c1c(COP(=O)(O)O)cnc(C)c1O. The Morgan fingerprint density at radius 2 is 2.28 bits per heavy atom. The van der Waals surface area contributed by atoms with E-state index in [0.717, 1.165) is 0 Å². The maximum atomic E-state index is 10.6. The average Bonchev–Trinajstić information content (AvgIpc) is 2.28. The van der Waals surface area contributed by atoms with Gasteiger partial charge in [-0.15, -0.1) is 0 Å². The lowest BCUT2D eigenvalue weighted by Crippen LogP contribution is -2.02. The number of aryl methyl sites for hydroxylation is 1. The number of aromatic nitrogens is 1. The van der Waals surface area contributed by atoms with E-state index in [1.807, 2.05) is 0 Å². The summed E-state index contributed by atoms with van der Waals surface area (Å²) in [6, 6.07) is 0. The normalized spacial score (nSPS) is 12.0. The predicted octanol–water partition coefficient (Wildman–Crippen LogP) is 0.258. The summed E-state index contributed by atoms with van der Waals surface area (Å²) in [5, 5.41) is 13.5. The highest BCUT2D eigenvalue weighted by molar-refractivity contribution is 7.46. The number of phosphoric ester groups is 1. The van der Waals surface area contributed by atoms with Crippen LogP contribution >= 0.6 is 7.82 Å². The molecule has 0 atom stereocenters. The smallest absolute Gasteiger partial charge is 0.469 e. The molecule has 100 valence electrons. The molecule has 1 aromatic rings. The summed E-state index contributed by atoms with van der Waals surface area (Å²) in [5.74, 6) is -0.110. The predicted molar refractivity (Wildman–Crippen MR) is 64.1 cm³/mol. The largest absolute Gasteiger partial charge is 0.505 e. The maximum Gasteiger partial charge on any atom is 0.469 e. The fourth-order valence-corrected chi connectivity index (χ4v) is 1.50. The lowest BCUT2D eigenvalue weighted by atomic mass is 10.1.